The number of morpholine rings is 1. The highest BCUT2D eigenvalue weighted by molar-refractivity contribution is 6.30. The van der Waals surface area contributed by atoms with Gasteiger partial charge >= 0.3 is 0 Å². The average molecular weight is 360 g/mol. The summed E-state index contributed by atoms with van der Waals surface area (Å²) in [6.07, 6.45) is 5.85. The predicted molar refractivity (Wildman–Crippen MR) is 100 cm³/mol. The zero-order valence-corrected chi connectivity index (χ0v) is 15.1. The van der Waals surface area contributed by atoms with Crippen LogP contribution in [0.2, 0.25) is 5.02 Å². The van der Waals surface area contributed by atoms with Gasteiger partial charge in [-0.25, -0.2) is 5.43 Å². The standard InChI is InChI=1S/C19H22ClN3O2/c1-14(24)22-21-13-17-5-4-16(12-15-2-6-18(20)7-3-15)19(17)23-8-10-25-11-9-23/h2-3,6-7,12-13H,4-5,8-11H2,1H3,(H,22,24)/b16-12?,21-13-. The summed E-state index contributed by atoms with van der Waals surface area (Å²) in [4.78, 5) is 13.4. The molecule has 3 rings (SSSR count). The molecule has 0 bridgehead atoms. The van der Waals surface area contributed by atoms with E-state index in [1.54, 1.807) is 6.21 Å². The van der Waals surface area contributed by atoms with Gasteiger partial charge in [0.2, 0.25) is 5.91 Å². The van der Waals surface area contributed by atoms with Crippen LogP contribution in [0.25, 0.3) is 6.08 Å². The number of ether oxygens (including phenoxy) is 1. The van der Waals surface area contributed by atoms with Gasteiger partial charge in [0.05, 0.1) is 19.4 Å². The third kappa shape index (κ3) is 4.71. The number of hydrogen-bond acceptors (Lipinski definition) is 4. The number of benzene rings is 1. The number of hydrogen-bond donors (Lipinski definition) is 1. The molecule has 1 N–H and O–H groups in total. The topological polar surface area (TPSA) is 53.9 Å². The number of allylic oxidation sites excluding steroid dienone is 2. The van der Waals surface area contributed by atoms with Gasteiger partial charge in [-0.15, -0.1) is 0 Å². The van der Waals surface area contributed by atoms with Crippen molar-refractivity contribution in [3.8, 4) is 0 Å². The second-order valence-corrected chi connectivity index (χ2v) is 6.56. The Morgan fingerprint density at radius 3 is 2.64 bits per heavy atom. The summed E-state index contributed by atoms with van der Waals surface area (Å²) in [6, 6.07) is 7.85. The van der Waals surface area contributed by atoms with E-state index in [1.807, 2.05) is 24.3 Å². The first-order chi connectivity index (χ1) is 12.1. The highest BCUT2D eigenvalue weighted by Gasteiger charge is 2.25. The highest BCUT2D eigenvalue weighted by atomic mass is 35.5. The molecule has 1 fully saturated rings. The molecule has 0 aromatic heterocycles. The van der Waals surface area contributed by atoms with Crippen LogP contribution in [-0.4, -0.2) is 43.3 Å². The lowest BCUT2D eigenvalue weighted by Crippen LogP contribution is -2.36. The van der Waals surface area contributed by atoms with Crippen molar-refractivity contribution in [3.05, 3.63) is 51.7 Å². The molecule has 6 heteroatoms. The molecule has 1 aliphatic heterocycles. The molecule has 25 heavy (non-hydrogen) atoms. The molecular formula is C19H22ClN3O2. The second-order valence-electron chi connectivity index (χ2n) is 6.12. The maximum atomic E-state index is 11.0. The van der Waals surface area contributed by atoms with Crippen molar-refractivity contribution in [2.45, 2.75) is 19.8 Å². The van der Waals surface area contributed by atoms with Gasteiger partial charge in [-0.1, -0.05) is 23.7 Å². The average Bonchev–Trinajstić information content (AvgIpc) is 3.00. The van der Waals surface area contributed by atoms with Crippen molar-refractivity contribution < 1.29 is 9.53 Å². The van der Waals surface area contributed by atoms with Gasteiger partial charge in [0.15, 0.2) is 0 Å². The molecule has 1 heterocycles. The molecule has 1 saturated heterocycles. The van der Waals surface area contributed by atoms with Crippen LogP contribution in [0.1, 0.15) is 25.3 Å². The fourth-order valence-corrected chi connectivity index (χ4v) is 3.26. The summed E-state index contributed by atoms with van der Waals surface area (Å²) in [5.74, 6) is -0.167. The number of carbonyl (C=O) groups is 1. The molecular weight excluding hydrogens is 338 g/mol. The van der Waals surface area contributed by atoms with E-state index in [1.165, 1.54) is 18.2 Å². The Morgan fingerprint density at radius 1 is 1.24 bits per heavy atom. The van der Waals surface area contributed by atoms with E-state index in [2.05, 4.69) is 21.5 Å². The highest BCUT2D eigenvalue weighted by Crippen LogP contribution is 2.35. The Bertz CT molecular complexity index is 717. The number of nitrogens with zero attached hydrogens (tertiary/aromatic N) is 2. The Labute approximate surface area is 153 Å². The van der Waals surface area contributed by atoms with Crippen molar-refractivity contribution in [1.29, 1.82) is 0 Å². The first-order valence-corrected chi connectivity index (χ1v) is 8.83. The monoisotopic (exact) mass is 359 g/mol. The summed E-state index contributed by atoms with van der Waals surface area (Å²) in [5, 5.41) is 4.80. The summed E-state index contributed by atoms with van der Waals surface area (Å²) >= 11 is 5.98. The van der Waals surface area contributed by atoms with Crippen LogP contribution in [0.3, 0.4) is 0 Å². The molecule has 0 spiro atoms. The normalized spacial score (nSPS) is 19.9. The molecule has 1 aromatic rings. The SMILES string of the molecule is CC(=O)N/N=C\C1=C(N2CCOCC2)C(=Cc2ccc(Cl)cc2)CC1. The van der Waals surface area contributed by atoms with Crippen molar-refractivity contribution >= 4 is 29.8 Å². The molecule has 1 aliphatic carbocycles. The minimum absolute atomic E-state index is 0.167. The van der Waals surface area contributed by atoms with E-state index in [9.17, 15) is 4.79 Å². The van der Waals surface area contributed by atoms with Crippen molar-refractivity contribution in [2.75, 3.05) is 26.3 Å². The number of hydrazone groups is 1. The van der Waals surface area contributed by atoms with Gasteiger partial charge in [-0.3, -0.25) is 4.79 Å². The van der Waals surface area contributed by atoms with Crippen LogP contribution >= 0.6 is 11.6 Å². The lowest BCUT2D eigenvalue weighted by Gasteiger charge is -2.31. The Hall–Kier alpha value is -2.11. The molecule has 0 unspecified atom stereocenters. The third-order valence-corrected chi connectivity index (χ3v) is 4.50. The Kier molecular flexibility index (Phi) is 5.89. The number of halogens is 1. The van der Waals surface area contributed by atoms with Gasteiger partial charge in [0.25, 0.3) is 0 Å². The minimum atomic E-state index is -0.167. The van der Waals surface area contributed by atoms with Crippen LogP contribution in [-0.2, 0) is 9.53 Å². The lowest BCUT2D eigenvalue weighted by atomic mass is 10.1. The van der Waals surface area contributed by atoms with Gasteiger partial charge in [-0.2, -0.15) is 5.10 Å². The van der Waals surface area contributed by atoms with E-state index in [0.29, 0.717) is 0 Å². The number of rotatable bonds is 4. The largest absolute Gasteiger partial charge is 0.378 e. The Morgan fingerprint density at radius 2 is 1.96 bits per heavy atom. The fraction of sp³-hybridized carbons (Fsp3) is 0.368. The summed E-state index contributed by atoms with van der Waals surface area (Å²) in [5.41, 5.74) is 7.27. The van der Waals surface area contributed by atoms with E-state index in [-0.39, 0.29) is 5.91 Å². The first-order valence-electron chi connectivity index (χ1n) is 8.45. The van der Waals surface area contributed by atoms with Crippen LogP contribution in [0.15, 0.2) is 46.2 Å². The van der Waals surface area contributed by atoms with E-state index >= 15 is 0 Å². The molecule has 0 saturated carbocycles. The van der Waals surface area contributed by atoms with Crippen molar-refractivity contribution in [2.24, 2.45) is 5.10 Å². The molecule has 1 aromatic carbocycles. The molecule has 132 valence electrons. The summed E-state index contributed by atoms with van der Waals surface area (Å²) in [7, 11) is 0. The molecule has 0 radical (unpaired) electrons. The summed E-state index contributed by atoms with van der Waals surface area (Å²) in [6.45, 7) is 4.65. The first kappa shape index (κ1) is 17.7. The van der Waals surface area contributed by atoms with E-state index in [4.69, 9.17) is 16.3 Å². The third-order valence-electron chi connectivity index (χ3n) is 4.25. The van der Waals surface area contributed by atoms with Crippen LogP contribution < -0.4 is 5.43 Å². The number of nitrogens with one attached hydrogen (secondary N) is 1. The maximum absolute atomic E-state index is 11.0. The van der Waals surface area contributed by atoms with E-state index < -0.39 is 0 Å². The van der Waals surface area contributed by atoms with Gasteiger partial charge in [0.1, 0.15) is 0 Å². The van der Waals surface area contributed by atoms with E-state index in [0.717, 1.165) is 55.3 Å². The lowest BCUT2D eigenvalue weighted by molar-refractivity contribution is -0.118. The van der Waals surface area contributed by atoms with Crippen LogP contribution in [0.5, 0.6) is 0 Å². The van der Waals surface area contributed by atoms with Gasteiger partial charge in [-0.05, 0) is 47.8 Å². The molecule has 5 nitrogen and oxygen atoms in total. The van der Waals surface area contributed by atoms with Crippen LogP contribution in [0, 0.1) is 0 Å². The number of amides is 1. The molecule has 1 amide bonds. The van der Waals surface area contributed by atoms with Gasteiger partial charge in [0, 0.05) is 30.7 Å². The zero-order valence-electron chi connectivity index (χ0n) is 14.3. The fourth-order valence-electron chi connectivity index (χ4n) is 3.13. The van der Waals surface area contributed by atoms with Crippen molar-refractivity contribution in [3.63, 3.8) is 0 Å². The van der Waals surface area contributed by atoms with Crippen molar-refractivity contribution in [1.82, 2.24) is 10.3 Å². The van der Waals surface area contributed by atoms with Crippen LogP contribution in [0.4, 0.5) is 0 Å². The predicted octanol–water partition coefficient (Wildman–Crippen LogP) is 3.23. The minimum Gasteiger partial charge on any atom is -0.378 e. The van der Waals surface area contributed by atoms with Gasteiger partial charge < -0.3 is 9.64 Å². The summed E-state index contributed by atoms with van der Waals surface area (Å²) < 4.78 is 5.48. The Balaban J connectivity index is 1.90. The molecule has 0 atom stereocenters. The zero-order chi connectivity index (χ0) is 17.6. The number of carbonyl (C=O) groups excluding carboxylic acids is 1. The molecule has 2 aliphatic rings. The quantitative estimate of drug-likeness (QED) is 0.663. The maximum Gasteiger partial charge on any atom is 0.236 e. The smallest absolute Gasteiger partial charge is 0.236 e. The second kappa shape index (κ2) is 8.32.